The molecular formula is C14H17N3OS2. The molecule has 0 aliphatic carbocycles. The molecule has 0 bridgehead atoms. The normalized spacial score (nSPS) is 11.6. The second-order valence-electron chi connectivity index (χ2n) is 4.04. The van der Waals surface area contributed by atoms with E-state index < -0.39 is 0 Å². The van der Waals surface area contributed by atoms with E-state index in [0.717, 1.165) is 12.2 Å². The minimum absolute atomic E-state index is 0.138. The van der Waals surface area contributed by atoms with Crippen LogP contribution in [0.2, 0.25) is 0 Å². The Balaban J connectivity index is 2.54. The van der Waals surface area contributed by atoms with Gasteiger partial charge < -0.3 is 10.4 Å². The van der Waals surface area contributed by atoms with E-state index in [9.17, 15) is 5.11 Å². The zero-order valence-corrected chi connectivity index (χ0v) is 13.1. The van der Waals surface area contributed by atoms with E-state index in [1.807, 2.05) is 44.2 Å². The van der Waals surface area contributed by atoms with Crippen LogP contribution in [0.5, 0.6) is 5.88 Å². The van der Waals surface area contributed by atoms with Crippen molar-refractivity contribution < 1.29 is 5.11 Å². The first-order valence-electron chi connectivity index (χ1n) is 6.48. The highest BCUT2D eigenvalue weighted by Gasteiger charge is 2.17. The van der Waals surface area contributed by atoms with E-state index >= 15 is 0 Å². The van der Waals surface area contributed by atoms with Gasteiger partial charge in [-0.1, -0.05) is 29.5 Å². The summed E-state index contributed by atoms with van der Waals surface area (Å²) in [5.41, 5.74) is 0.852. The van der Waals surface area contributed by atoms with Crippen LogP contribution in [0.15, 0.2) is 35.3 Å². The molecule has 2 rings (SSSR count). The molecule has 1 heterocycles. The highest BCUT2D eigenvalue weighted by molar-refractivity contribution is 7.73. The van der Waals surface area contributed by atoms with Gasteiger partial charge in [0.15, 0.2) is 3.95 Å². The number of hydrogen-bond acceptors (Lipinski definition) is 4. The van der Waals surface area contributed by atoms with Crippen molar-refractivity contribution in [2.45, 2.75) is 13.8 Å². The highest BCUT2D eigenvalue weighted by atomic mass is 32.1. The largest absolute Gasteiger partial charge is 0.493 e. The van der Waals surface area contributed by atoms with Gasteiger partial charge in [0.2, 0.25) is 5.88 Å². The summed E-state index contributed by atoms with van der Waals surface area (Å²) in [6.45, 7) is 5.35. The van der Waals surface area contributed by atoms with Gasteiger partial charge in [0.25, 0.3) is 0 Å². The second kappa shape index (κ2) is 6.67. The van der Waals surface area contributed by atoms with Crippen LogP contribution in [0.3, 0.4) is 0 Å². The number of aliphatic imine (C=N–C) groups is 1. The van der Waals surface area contributed by atoms with Crippen LogP contribution in [0.4, 0.5) is 0 Å². The van der Waals surface area contributed by atoms with E-state index in [0.29, 0.717) is 21.2 Å². The van der Waals surface area contributed by atoms with E-state index in [1.165, 1.54) is 11.3 Å². The van der Waals surface area contributed by atoms with E-state index in [1.54, 1.807) is 4.57 Å². The van der Waals surface area contributed by atoms with Gasteiger partial charge in [0.1, 0.15) is 10.7 Å². The fourth-order valence-corrected chi connectivity index (χ4v) is 3.17. The number of aromatic hydroxyl groups is 1. The quantitative estimate of drug-likeness (QED) is 0.517. The summed E-state index contributed by atoms with van der Waals surface area (Å²) in [5.74, 6) is 0.831. The fraction of sp³-hybridized carbons (Fsp3) is 0.286. The molecule has 0 saturated heterocycles. The molecule has 0 atom stereocenters. The number of nitrogens with zero attached hydrogens (tertiary/aromatic N) is 2. The Kier molecular flexibility index (Phi) is 4.92. The molecule has 4 nitrogen and oxygen atoms in total. The molecule has 2 N–H and O–H groups in total. The Labute approximate surface area is 127 Å². The molecule has 0 saturated carbocycles. The number of amidine groups is 1. The third-order valence-electron chi connectivity index (χ3n) is 2.68. The number of rotatable bonds is 4. The lowest BCUT2D eigenvalue weighted by atomic mass is 10.3. The smallest absolute Gasteiger partial charge is 0.219 e. The standard InChI is InChI=1S/C14H17N3OS2/c1-3-15-12(16-4-2)11-13(18)17(14(19)20-11)10-8-6-5-7-9-10/h5-9,18H,3-4H2,1-2H3,(H,15,16). The predicted octanol–water partition coefficient (Wildman–Crippen LogP) is 3.35. The Morgan fingerprint density at radius 2 is 2.05 bits per heavy atom. The minimum atomic E-state index is 0.138. The highest BCUT2D eigenvalue weighted by Crippen LogP contribution is 2.29. The van der Waals surface area contributed by atoms with Gasteiger partial charge in [-0.2, -0.15) is 0 Å². The molecule has 106 valence electrons. The van der Waals surface area contributed by atoms with Gasteiger partial charge in [0.05, 0.1) is 5.69 Å². The summed E-state index contributed by atoms with van der Waals surface area (Å²) in [5, 5.41) is 13.6. The van der Waals surface area contributed by atoms with E-state index in [-0.39, 0.29) is 5.88 Å². The number of para-hydroxylation sites is 1. The molecule has 0 spiro atoms. The van der Waals surface area contributed by atoms with Crippen molar-refractivity contribution in [1.82, 2.24) is 9.88 Å². The molecule has 0 amide bonds. The molecule has 0 fully saturated rings. The molecule has 6 heteroatoms. The van der Waals surface area contributed by atoms with Gasteiger partial charge in [-0.05, 0) is 38.2 Å². The Morgan fingerprint density at radius 3 is 2.65 bits per heavy atom. The van der Waals surface area contributed by atoms with E-state index in [2.05, 4.69) is 10.3 Å². The average Bonchev–Trinajstić information content (AvgIpc) is 2.75. The van der Waals surface area contributed by atoms with Crippen molar-refractivity contribution in [3.8, 4) is 11.6 Å². The zero-order valence-electron chi connectivity index (χ0n) is 11.5. The molecule has 2 aromatic rings. The summed E-state index contributed by atoms with van der Waals surface area (Å²) in [6, 6.07) is 9.59. The maximum atomic E-state index is 10.5. The van der Waals surface area contributed by atoms with Crippen molar-refractivity contribution in [1.29, 1.82) is 0 Å². The number of nitrogens with one attached hydrogen (secondary N) is 1. The molecule has 0 aliphatic heterocycles. The van der Waals surface area contributed by atoms with Crippen molar-refractivity contribution in [2.75, 3.05) is 13.1 Å². The van der Waals surface area contributed by atoms with Crippen LogP contribution in [0.25, 0.3) is 5.69 Å². The zero-order chi connectivity index (χ0) is 14.5. The van der Waals surface area contributed by atoms with Crippen LogP contribution in [-0.2, 0) is 0 Å². The second-order valence-corrected chi connectivity index (χ2v) is 5.69. The molecule has 0 unspecified atom stereocenters. The average molecular weight is 307 g/mol. The topological polar surface area (TPSA) is 49.5 Å². The third-order valence-corrected chi connectivity index (χ3v) is 4.05. The SMILES string of the molecule is CCN=C(NCC)c1sc(=S)n(-c2ccccc2)c1O. The number of benzene rings is 1. The minimum Gasteiger partial charge on any atom is -0.493 e. The van der Waals surface area contributed by atoms with Crippen molar-refractivity contribution in [2.24, 2.45) is 4.99 Å². The first kappa shape index (κ1) is 14.7. The molecule has 0 radical (unpaired) electrons. The molecule has 1 aromatic carbocycles. The lowest BCUT2D eigenvalue weighted by Crippen LogP contribution is -2.23. The van der Waals surface area contributed by atoms with Gasteiger partial charge in [-0.3, -0.25) is 9.56 Å². The number of aromatic nitrogens is 1. The van der Waals surface area contributed by atoms with Gasteiger partial charge in [-0.25, -0.2) is 0 Å². The Bertz CT molecular complexity index is 659. The lowest BCUT2D eigenvalue weighted by molar-refractivity contribution is 0.441. The molecule has 0 aliphatic rings. The van der Waals surface area contributed by atoms with Crippen molar-refractivity contribution >= 4 is 29.4 Å². The van der Waals surface area contributed by atoms with Crippen LogP contribution in [0, 0.1) is 3.95 Å². The van der Waals surface area contributed by atoms with Crippen LogP contribution in [0.1, 0.15) is 18.7 Å². The molecular weight excluding hydrogens is 290 g/mol. The Hall–Kier alpha value is -1.66. The fourth-order valence-electron chi connectivity index (χ4n) is 1.86. The number of hydrogen-bond donors (Lipinski definition) is 2. The lowest BCUT2D eigenvalue weighted by Gasteiger charge is -2.07. The predicted molar refractivity (Wildman–Crippen MR) is 86.9 cm³/mol. The molecule has 20 heavy (non-hydrogen) atoms. The summed E-state index contributed by atoms with van der Waals surface area (Å²) in [4.78, 5) is 5.07. The van der Waals surface area contributed by atoms with Crippen molar-refractivity contribution in [3.63, 3.8) is 0 Å². The third kappa shape index (κ3) is 2.91. The van der Waals surface area contributed by atoms with Gasteiger partial charge in [0, 0.05) is 13.1 Å². The summed E-state index contributed by atoms with van der Waals surface area (Å²) < 4.78 is 2.27. The first-order chi connectivity index (χ1) is 9.69. The first-order valence-corrected chi connectivity index (χ1v) is 7.70. The van der Waals surface area contributed by atoms with Gasteiger partial charge in [-0.15, -0.1) is 0 Å². The van der Waals surface area contributed by atoms with Crippen LogP contribution < -0.4 is 5.32 Å². The summed E-state index contributed by atoms with van der Waals surface area (Å²) >= 11 is 6.73. The monoisotopic (exact) mass is 307 g/mol. The number of thiazole rings is 1. The summed E-state index contributed by atoms with van der Waals surface area (Å²) in [6.07, 6.45) is 0. The summed E-state index contributed by atoms with van der Waals surface area (Å²) in [7, 11) is 0. The van der Waals surface area contributed by atoms with Gasteiger partial charge >= 0.3 is 0 Å². The van der Waals surface area contributed by atoms with Crippen LogP contribution >= 0.6 is 23.6 Å². The van der Waals surface area contributed by atoms with E-state index in [4.69, 9.17) is 12.2 Å². The maximum Gasteiger partial charge on any atom is 0.219 e. The van der Waals surface area contributed by atoms with Crippen LogP contribution in [-0.4, -0.2) is 28.6 Å². The molecule has 1 aromatic heterocycles. The van der Waals surface area contributed by atoms with Crippen molar-refractivity contribution in [3.05, 3.63) is 39.2 Å². The Morgan fingerprint density at radius 1 is 1.35 bits per heavy atom. The maximum absolute atomic E-state index is 10.5.